The van der Waals surface area contributed by atoms with E-state index in [4.69, 9.17) is 0 Å². The fourth-order valence-electron chi connectivity index (χ4n) is 1.84. The van der Waals surface area contributed by atoms with E-state index >= 15 is 0 Å². The summed E-state index contributed by atoms with van der Waals surface area (Å²) >= 11 is 0. The minimum absolute atomic E-state index is 0. The quantitative estimate of drug-likeness (QED) is 0.654. The maximum atomic E-state index is 12.2. The van der Waals surface area contributed by atoms with Crippen LogP contribution in [0.15, 0.2) is 18.2 Å². The van der Waals surface area contributed by atoms with Gasteiger partial charge in [-0.15, -0.1) is 12.4 Å². The van der Waals surface area contributed by atoms with E-state index in [0.29, 0.717) is 17.8 Å². The summed E-state index contributed by atoms with van der Waals surface area (Å²) in [4.78, 5) is 24.2. The van der Waals surface area contributed by atoms with Gasteiger partial charge in [-0.1, -0.05) is 6.07 Å². The minimum Gasteiger partial charge on any atom is -0.350 e. The number of likely N-dealkylation sites (N-methyl/N-ethyl adjacent to an activating group) is 1. The highest BCUT2D eigenvalue weighted by atomic mass is 35.5. The van der Waals surface area contributed by atoms with Crippen molar-refractivity contribution in [1.82, 2.24) is 16.0 Å². The van der Waals surface area contributed by atoms with Crippen LogP contribution < -0.4 is 21.3 Å². The van der Waals surface area contributed by atoms with Crippen LogP contribution in [0.3, 0.4) is 0 Å². The maximum absolute atomic E-state index is 12.2. The molecule has 1 rings (SSSR count). The van der Waals surface area contributed by atoms with E-state index in [2.05, 4.69) is 21.3 Å². The van der Waals surface area contributed by atoms with E-state index in [1.807, 2.05) is 47.7 Å². The molecule has 0 aliphatic heterocycles. The van der Waals surface area contributed by atoms with Crippen molar-refractivity contribution in [3.8, 4) is 0 Å². The summed E-state index contributed by atoms with van der Waals surface area (Å²) in [7, 11) is 1.85. The van der Waals surface area contributed by atoms with Crippen LogP contribution in [0, 0.1) is 6.92 Å². The second-order valence-corrected chi connectivity index (χ2v) is 6.76. The number of halogens is 1. The monoisotopic (exact) mass is 356 g/mol. The Kier molecular flexibility index (Phi) is 8.78. The molecule has 0 spiro atoms. The Bertz CT molecular complexity index is 570. The molecule has 0 bridgehead atoms. The molecule has 136 valence electrons. The predicted octanol–water partition coefficient (Wildman–Crippen LogP) is 2.67. The van der Waals surface area contributed by atoms with Crippen LogP contribution >= 0.6 is 12.4 Å². The normalized spacial score (nSPS) is 11.9. The number of urea groups is 1. The predicted molar refractivity (Wildman–Crippen MR) is 101 cm³/mol. The van der Waals surface area contributed by atoms with Crippen molar-refractivity contribution in [2.75, 3.05) is 18.9 Å². The van der Waals surface area contributed by atoms with Gasteiger partial charge in [0.1, 0.15) is 0 Å². The molecule has 6 nitrogen and oxygen atoms in total. The van der Waals surface area contributed by atoms with E-state index < -0.39 is 0 Å². The molecule has 3 amide bonds. The number of benzene rings is 1. The lowest BCUT2D eigenvalue weighted by Crippen LogP contribution is -2.43. The summed E-state index contributed by atoms with van der Waals surface area (Å²) in [6.45, 7) is 10.1. The summed E-state index contributed by atoms with van der Waals surface area (Å²) in [5, 5.41) is 11.5. The molecule has 7 heteroatoms. The molecular weight excluding hydrogens is 328 g/mol. The van der Waals surface area contributed by atoms with Crippen LogP contribution in [-0.4, -0.2) is 37.1 Å². The third-order valence-corrected chi connectivity index (χ3v) is 3.30. The van der Waals surface area contributed by atoms with Gasteiger partial charge >= 0.3 is 6.03 Å². The number of amides is 3. The highest BCUT2D eigenvalue weighted by Crippen LogP contribution is 2.17. The molecule has 1 unspecified atom stereocenters. The van der Waals surface area contributed by atoms with Gasteiger partial charge < -0.3 is 21.3 Å². The average Bonchev–Trinajstić information content (AvgIpc) is 2.44. The third-order valence-electron chi connectivity index (χ3n) is 3.30. The molecule has 1 atom stereocenters. The maximum Gasteiger partial charge on any atom is 0.319 e. The lowest BCUT2D eigenvalue weighted by molar-refractivity contribution is 0.0950. The number of rotatable bonds is 5. The fourth-order valence-corrected chi connectivity index (χ4v) is 1.84. The molecule has 0 heterocycles. The zero-order valence-corrected chi connectivity index (χ0v) is 16.1. The molecule has 0 saturated heterocycles. The van der Waals surface area contributed by atoms with Crippen LogP contribution in [0.4, 0.5) is 10.5 Å². The number of nitrogens with one attached hydrogen (secondary N) is 4. The van der Waals surface area contributed by atoms with Crippen molar-refractivity contribution in [3.05, 3.63) is 29.3 Å². The second-order valence-electron chi connectivity index (χ2n) is 6.76. The van der Waals surface area contributed by atoms with Gasteiger partial charge in [0.25, 0.3) is 5.91 Å². The molecule has 0 saturated carbocycles. The largest absolute Gasteiger partial charge is 0.350 e. The highest BCUT2D eigenvalue weighted by molar-refractivity contribution is 5.97. The van der Waals surface area contributed by atoms with Gasteiger partial charge in [0.05, 0.1) is 0 Å². The summed E-state index contributed by atoms with van der Waals surface area (Å²) in [5.41, 5.74) is 1.72. The smallest absolute Gasteiger partial charge is 0.319 e. The van der Waals surface area contributed by atoms with Gasteiger partial charge in [0, 0.05) is 29.4 Å². The number of carbonyl (C=O) groups excluding carboxylic acids is 2. The number of anilines is 1. The van der Waals surface area contributed by atoms with E-state index in [1.165, 1.54) is 0 Å². The lowest BCUT2D eigenvalue weighted by Gasteiger charge is -2.21. The van der Waals surface area contributed by atoms with Crippen LogP contribution in [0.2, 0.25) is 0 Å². The topological polar surface area (TPSA) is 82.3 Å². The Morgan fingerprint density at radius 2 is 1.83 bits per heavy atom. The number of carbonyl (C=O) groups is 2. The van der Waals surface area contributed by atoms with Gasteiger partial charge in [-0.3, -0.25) is 4.79 Å². The van der Waals surface area contributed by atoms with Gasteiger partial charge in [-0.05, 0) is 59.4 Å². The van der Waals surface area contributed by atoms with Crippen LogP contribution in [0.5, 0.6) is 0 Å². The van der Waals surface area contributed by atoms with Crippen LogP contribution in [-0.2, 0) is 0 Å². The van der Waals surface area contributed by atoms with Crippen molar-refractivity contribution >= 4 is 30.0 Å². The summed E-state index contributed by atoms with van der Waals surface area (Å²) in [6, 6.07) is 5.17. The highest BCUT2D eigenvalue weighted by Gasteiger charge is 2.15. The van der Waals surface area contributed by atoms with Gasteiger partial charge in [0.15, 0.2) is 0 Å². The number of aryl methyl sites for hydroxylation is 1. The summed E-state index contributed by atoms with van der Waals surface area (Å²) in [6.07, 6.45) is 0. The standard InChI is InChI=1S/C17H28N4O2.ClH/c1-11-7-8-13(15(22)19-10-12(2)18-6)9-14(11)20-16(23)21-17(3,4)5;/h7-9,12,18H,10H2,1-6H3,(H,19,22)(H2,20,21,23);1H. The molecule has 0 radical (unpaired) electrons. The zero-order chi connectivity index (χ0) is 17.6. The van der Waals surface area contributed by atoms with Gasteiger partial charge in [-0.25, -0.2) is 4.79 Å². The lowest BCUT2D eigenvalue weighted by atomic mass is 10.1. The van der Waals surface area contributed by atoms with E-state index in [-0.39, 0.29) is 35.9 Å². The molecular formula is C17H29ClN4O2. The second kappa shape index (κ2) is 9.49. The minimum atomic E-state index is -0.323. The van der Waals surface area contributed by atoms with Gasteiger partial charge in [-0.2, -0.15) is 0 Å². The van der Waals surface area contributed by atoms with Crippen molar-refractivity contribution in [2.45, 2.75) is 46.2 Å². The molecule has 24 heavy (non-hydrogen) atoms. The van der Waals surface area contributed by atoms with Gasteiger partial charge in [0.2, 0.25) is 0 Å². The first-order valence-corrected chi connectivity index (χ1v) is 7.77. The van der Waals surface area contributed by atoms with Crippen molar-refractivity contribution in [2.24, 2.45) is 0 Å². The Morgan fingerprint density at radius 3 is 2.38 bits per heavy atom. The third kappa shape index (κ3) is 7.66. The van der Waals surface area contributed by atoms with E-state index in [0.717, 1.165) is 5.56 Å². The molecule has 1 aromatic rings. The molecule has 1 aromatic carbocycles. The van der Waals surface area contributed by atoms with Crippen LogP contribution in [0.1, 0.15) is 43.6 Å². The summed E-state index contributed by atoms with van der Waals surface area (Å²) < 4.78 is 0. The number of hydrogen-bond acceptors (Lipinski definition) is 3. The Morgan fingerprint density at radius 1 is 1.21 bits per heavy atom. The first kappa shape index (κ1) is 22.2. The zero-order valence-electron chi connectivity index (χ0n) is 15.2. The molecule has 0 aromatic heterocycles. The van der Waals surface area contributed by atoms with Crippen LogP contribution in [0.25, 0.3) is 0 Å². The molecule has 0 fully saturated rings. The first-order chi connectivity index (χ1) is 10.6. The van der Waals surface area contributed by atoms with E-state index in [1.54, 1.807) is 12.1 Å². The molecule has 4 N–H and O–H groups in total. The fraction of sp³-hybridized carbons (Fsp3) is 0.529. The van der Waals surface area contributed by atoms with Crippen molar-refractivity contribution in [3.63, 3.8) is 0 Å². The molecule has 0 aliphatic rings. The molecule has 0 aliphatic carbocycles. The Balaban J connectivity index is 0.00000529. The Hall–Kier alpha value is -1.79. The van der Waals surface area contributed by atoms with Crippen molar-refractivity contribution in [1.29, 1.82) is 0 Å². The SMILES string of the molecule is CNC(C)CNC(=O)c1ccc(C)c(NC(=O)NC(C)(C)C)c1.Cl. The number of hydrogen-bond donors (Lipinski definition) is 4. The van der Waals surface area contributed by atoms with E-state index in [9.17, 15) is 9.59 Å². The summed E-state index contributed by atoms with van der Waals surface area (Å²) in [5.74, 6) is -0.161. The Labute approximate surface area is 150 Å². The first-order valence-electron chi connectivity index (χ1n) is 7.77. The van der Waals surface area contributed by atoms with Crippen molar-refractivity contribution < 1.29 is 9.59 Å². The average molecular weight is 357 g/mol.